The van der Waals surface area contributed by atoms with Crippen LogP contribution < -0.4 is 10.6 Å². The summed E-state index contributed by atoms with van der Waals surface area (Å²) in [6.45, 7) is 11.3. The molecule has 0 aromatic rings. The van der Waals surface area contributed by atoms with Gasteiger partial charge in [-0.05, 0) is 46.5 Å². The van der Waals surface area contributed by atoms with Crippen molar-refractivity contribution in [3.05, 3.63) is 12.2 Å². The van der Waals surface area contributed by atoms with E-state index in [0.717, 1.165) is 12.8 Å². The summed E-state index contributed by atoms with van der Waals surface area (Å²) in [6.07, 6.45) is 6.31. The van der Waals surface area contributed by atoms with Crippen molar-refractivity contribution in [2.45, 2.75) is 90.6 Å². The standard InChI is InChI=1S/C20H36N2O4/c1-8-10-15-12-16(19(24)26-13(3)4)22-17(15)18(21-14(5)23)20(6,25-7)11-9-2/h8,10,13,15-18,22H,9,11-12H2,1-7H3,(H,21,23)/b10-8-/t15-,16-,17-,18-,20-/m1/s1. The first-order valence-corrected chi connectivity index (χ1v) is 9.60. The van der Waals surface area contributed by atoms with Crippen molar-refractivity contribution in [2.75, 3.05) is 7.11 Å². The Labute approximate surface area is 158 Å². The average Bonchev–Trinajstić information content (AvgIpc) is 2.96. The van der Waals surface area contributed by atoms with Gasteiger partial charge in [0.05, 0.1) is 17.7 Å². The SMILES string of the molecule is C/C=C\[C@@H]1C[C@H](C(=O)OC(C)C)N[C@H]1[C@@H](NC(C)=O)[C@@](C)(CCC)OC. The van der Waals surface area contributed by atoms with E-state index in [1.54, 1.807) is 7.11 Å². The third-order valence-corrected chi connectivity index (χ3v) is 5.03. The molecule has 0 aromatic heterocycles. The molecular weight excluding hydrogens is 332 g/mol. The van der Waals surface area contributed by atoms with Gasteiger partial charge in [0.1, 0.15) is 6.04 Å². The Kier molecular flexibility index (Phi) is 8.77. The van der Waals surface area contributed by atoms with Crippen LogP contribution in [0.15, 0.2) is 12.2 Å². The second-order valence-electron chi connectivity index (χ2n) is 7.60. The van der Waals surface area contributed by atoms with Gasteiger partial charge in [0.15, 0.2) is 0 Å². The first kappa shape index (κ1) is 22.6. The lowest BCUT2D eigenvalue weighted by molar-refractivity contribution is -0.149. The van der Waals surface area contributed by atoms with E-state index in [0.29, 0.717) is 6.42 Å². The monoisotopic (exact) mass is 368 g/mol. The zero-order valence-electron chi connectivity index (χ0n) is 17.3. The number of allylic oxidation sites excluding steroid dienone is 1. The summed E-state index contributed by atoms with van der Waals surface area (Å²) in [4.78, 5) is 24.3. The van der Waals surface area contributed by atoms with Crippen LogP contribution in [0.2, 0.25) is 0 Å². The first-order valence-electron chi connectivity index (χ1n) is 9.60. The number of carbonyl (C=O) groups excluding carboxylic acids is 2. The van der Waals surface area contributed by atoms with Crippen molar-refractivity contribution >= 4 is 11.9 Å². The highest BCUT2D eigenvalue weighted by atomic mass is 16.5. The van der Waals surface area contributed by atoms with Crippen LogP contribution in [0.25, 0.3) is 0 Å². The minimum Gasteiger partial charge on any atom is -0.462 e. The molecule has 5 atom stereocenters. The van der Waals surface area contributed by atoms with Crippen LogP contribution in [-0.4, -0.2) is 48.8 Å². The Balaban J connectivity index is 3.15. The maximum absolute atomic E-state index is 12.4. The molecule has 1 saturated heterocycles. The van der Waals surface area contributed by atoms with E-state index >= 15 is 0 Å². The number of esters is 1. The largest absolute Gasteiger partial charge is 0.462 e. The van der Waals surface area contributed by atoms with E-state index in [1.807, 2.05) is 33.8 Å². The first-order chi connectivity index (χ1) is 12.2. The van der Waals surface area contributed by atoms with Gasteiger partial charge in [-0.25, -0.2) is 0 Å². The highest BCUT2D eigenvalue weighted by Crippen LogP contribution is 2.33. The number of carbonyl (C=O) groups is 2. The number of methoxy groups -OCH3 is 1. The highest BCUT2D eigenvalue weighted by Gasteiger charge is 2.47. The smallest absolute Gasteiger partial charge is 0.323 e. The summed E-state index contributed by atoms with van der Waals surface area (Å²) in [5.74, 6) is -0.246. The van der Waals surface area contributed by atoms with Crippen LogP contribution in [0.4, 0.5) is 0 Å². The molecule has 0 bridgehead atoms. The molecule has 0 saturated carbocycles. The molecule has 150 valence electrons. The van der Waals surface area contributed by atoms with E-state index in [2.05, 4.69) is 23.6 Å². The van der Waals surface area contributed by atoms with Gasteiger partial charge in [0.2, 0.25) is 5.91 Å². The molecule has 0 radical (unpaired) electrons. The molecule has 26 heavy (non-hydrogen) atoms. The van der Waals surface area contributed by atoms with Crippen molar-refractivity contribution in [1.82, 2.24) is 10.6 Å². The third kappa shape index (κ3) is 5.81. The van der Waals surface area contributed by atoms with Gasteiger partial charge < -0.3 is 14.8 Å². The van der Waals surface area contributed by atoms with Gasteiger partial charge in [-0.1, -0.05) is 25.5 Å². The Hall–Kier alpha value is -1.40. The second-order valence-corrected chi connectivity index (χ2v) is 7.60. The molecule has 1 rings (SSSR count). The number of hydrogen-bond donors (Lipinski definition) is 2. The van der Waals surface area contributed by atoms with Crippen molar-refractivity contribution in [3.63, 3.8) is 0 Å². The van der Waals surface area contributed by atoms with Crippen LogP contribution in [0.5, 0.6) is 0 Å². The number of ether oxygens (including phenoxy) is 2. The topological polar surface area (TPSA) is 76.7 Å². The molecule has 0 unspecified atom stereocenters. The van der Waals surface area contributed by atoms with Crippen LogP contribution in [0, 0.1) is 5.92 Å². The van der Waals surface area contributed by atoms with Crippen molar-refractivity contribution in [3.8, 4) is 0 Å². The van der Waals surface area contributed by atoms with Crippen LogP contribution in [0.3, 0.4) is 0 Å². The summed E-state index contributed by atoms with van der Waals surface area (Å²) in [5.41, 5.74) is -0.533. The fourth-order valence-electron chi connectivity index (χ4n) is 3.83. The van der Waals surface area contributed by atoms with E-state index in [1.165, 1.54) is 6.92 Å². The van der Waals surface area contributed by atoms with Crippen LogP contribution in [-0.2, 0) is 19.1 Å². The van der Waals surface area contributed by atoms with Gasteiger partial charge >= 0.3 is 5.97 Å². The van der Waals surface area contributed by atoms with Gasteiger partial charge in [0.25, 0.3) is 0 Å². The van der Waals surface area contributed by atoms with E-state index < -0.39 is 5.60 Å². The van der Waals surface area contributed by atoms with Gasteiger partial charge in [0, 0.05) is 20.1 Å². The molecule has 6 nitrogen and oxygen atoms in total. The zero-order valence-corrected chi connectivity index (χ0v) is 17.3. The quantitative estimate of drug-likeness (QED) is 0.483. The lowest BCUT2D eigenvalue weighted by Gasteiger charge is -2.41. The van der Waals surface area contributed by atoms with E-state index in [-0.39, 0.29) is 42.0 Å². The predicted molar refractivity (Wildman–Crippen MR) is 103 cm³/mol. The molecule has 0 aromatic carbocycles. The molecule has 0 aliphatic carbocycles. The Bertz CT molecular complexity index is 506. The Morgan fingerprint density at radius 1 is 1.38 bits per heavy atom. The number of hydrogen-bond acceptors (Lipinski definition) is 5. The molecule has 2 N–H and O–H groups in total. The lowest BCUT2D eigenvalue weighted by Crippen LogP contribution is -2.62. The van der Waals surface area contributed by atoms with Crippen molar-refractivity contribution in [2.24, 2.45) is 5.92 Å². The minimum atomic E-state index is -0.533. The number of amides is 1. The summed E-state index contributed by atoms with van der Waals surface area (Å²) in [7, 11) is 1.68. The predicted octanol–water partition coefficient (Wildman–Crippen LogP) is 2.57. The normalized spacial score (nSPS) is 26.7. The Morgan fingerprint density at radius 3 is 2.50 bits per heavy atom. The average molecular weight is 369 g/mol. The zero-order chi connectivity index (χ0) is 19.9. The summed E-state index contributed by atoms with van der Waals surface area (Å²) < 4.78 is 11.2. The second kappa shape index (κ2) is 10.1. The summed E-state index contributed by atoms with van der Waals surface area (Å²) in [6, 6.07) is -0.762. The minimum absolute atomic E-state index is 0.105. The molecule has 6 heteroatoms. The van der Waals surface area contributed by atoms with Gasteiger partial charge in [-0.2, -0.15) is 0 Å². The molecule has 1 amide bonds. The van der Waals surface area contributed by atoms with Crippen LogP contribution >= 0.6 is 0 Å². The summed E-state index contributed by atoms with van der Waals surface area (Å²) >= 11 is 0. The van der Waals surface area contributed by atoms with E-state index in [4.69, 9.17) is 9.47 Å². The van der Waals surface area contributed by atoms with Gasteiger partial charge in [-0.3, -0.25) is 14.9 Å². The van der Waals surface area contributed by atoms with Crippen molar-refractivity contribution in [1.29, 1.82) is 0 Å². The molecule has 1 aliphatic rings. The molecule has 1 aliphatic heterocycles. The number of nitrogens with one attached hydrogen (secondary N) is 2. The maximum atomic E-state index is 12.4. The Morgan fingerprint density at radius 2 is 2.04 bits per heavy atom. The molecular formula is C20H36N2O4. The fraction of sp³-hybridized carbons (Fsp3) is 0.800. The molecule has 1 heterocycles. The molecule has 1 fully saturated rings. The highest BCUT2D eigenvalue weighted by molar-refractivity contribution is 5.77. The summed E-state index contributed by atoms with van der Waals surface area (Å²) in [5, 5.41) is 6.49. The fourth-order valence-corrected chi connectivity index (χ4v) is 3.83. The lowest BCUT2D eigenvalue weighted by atomic mass is 9.81. The van der Waals surface area contributed by atoms with Crippen molar-refractivity contribution < 1.29 is 19.1 Å². The van der Waals surface area contributed by atoms with E-state index in [9.17, 15) is 9.59 Å². The third-order valence-electron chi connectivity index (χ3n) is 5.03. The van der Waals surface area contributed by atoms with Gasteiger partial charge in [-0.15, -0.1) is 0 Å². The molecule has 0 spiro atoms. The van der Waals surface area contributed by atoms with Crippen LogP contribution in [0.1, 0.15) is 60.8 Å². The maximum Gasteiger partial charge on any atom is 0.323 e. The number of rotatable bonds is 9.